The summed E-state index contributed by atoms with van der Waals surface area (Å²) in [5.41, 5.74) is 6.88. The van der Waals surface area contributed by atoms with Crippen LogP contribution in [0.3, 0.4) is 0 Å². The third kappa shape index (κ3) is 2.06. The van der Waals surface area contributed by atoms with Gasteiger partial charge in [-0.1, -0.05) is 0 Å². The lowest BCUT2D eigenvalue weighted by Crippen LogP contribution is -2.25. The molecule has 1 aromatic carbocycles. The molecule has 0 atom stereocenters. The number of hydrogen-bond acceptors (Lipinski definition) is 3. The van der Waals surface area contributed by atoms with E-state index in [1.165, 1.54) is 11.3 Å². The van der Waals surface area contributed by atoms with Crippen molar-refractivity contribution in [2.45, 2.75) is 0 Å². The molecule has 82 valence electrons. The van der Waals surface area contributed by atoms with E-state index in [0.29, 0.717) is 11.3 Å². The van der Waals surface area contributed by atoms with Gasteiger partial charge in [-0.2, -0.15) is 0 Å². The van der Waals surface area contributed by atoms with Gasteiger partial charge in [0.1, 0.15) is 0 Å². The Hall–Kier alpha value is -1.81. The van der Waals surface area contributed by atoms with E-state index in [-0.39, 0.29) is 5.91 Å². The number of hydrogen-bond donors (Lipinski definition) is 1. The van der Waals surface area contributed by atoms with Gasteiger partial charge in [0.2, 0.25) is 0 Å². The standard InChI is InChI=1S/C12H12N2OS/c1-14(11-3-2-8-16-11)12(15)9-4-6-10(13)7-5-9/h2-8H,13H2,1H3. The predicted molar refractivity (Wildman–Crippen MR) is 67.9 cm³/mol. The largest absolute Gasteiger partial charge is 0.399 e. The van der Waals surface area contributed by atoms with Gasteiger partial charge in [0.05, 0.1) is 5.00 Å². The Morgan fingerprint density at radius 2 is 1.94 bits per heavy atom. The second-order valence-electron chi connectivity index (χ2n) is 3.44. The zero-order chi connectivity index (χ0) is 11.5. The maximum absolute atomic E-state index is 12.0. The minimum Gasteiger partial charge on any atom is -0.399 e. The highest BCUT2D eigenvalue weighted by Crippen LogP contribution is 2.21. The number of rotatable bonds is 2. The first kappa shape index (κ1) is 10.7. The molecule has 2 aromatic rings. The average Bonchev–Trinajstić information content (AvgIpc) is 2.81. The molecule has 0 bridgehead atoms. The molecule has 0 aliphatic rings. The fraction of sp³-hybridized carbons (Fsp3) is 0.0833. The van der Waals surface area contributed by atoms with Crippen molar-refractivity contribution in [1.82, 2.24) is 0 Å². The van der Waals surface area contributed by atoms with Gasteiger partial charge in [0.25, 0.3) is 5.91 Å². The van der Waals surface area contributed by atoms with Crippen molar-refractivity contribution in [3.63, 3.8) is 0 Å². The molecule has 0 aliphatic carbocycles. The number of anilines is 2. The van der Waals surface area contributed by atoms with Crippen molar-refractivity contribution in [2.75, 3.05) is 17.7 Å². The molecule has 2 N–H and O–H groups in total. The number of nitrogens with zero attached hydrogens (tertiary/aromatic N) is 1. The second-order valence-corrected chi connectivity index (χ2v) is 4.36. The second kappa shape index (κ2) is 4.37. The number of thiophene rings is 1. The van der Waals surface area contributed by atoms with Crippen molar-refractivity contribution in [2.24, 2.45) is 0 Å². The zero-order valence-electron chi connectivity index (χ0n) is 8.88. The first-order chi connectivity index (χ1) is 7.68. The van der Waals surface area contributed by atoms with Crippen LogP contribution in [0, 0.1) is 0 Å². The van der Waals surface area contributed by atoms with Crippen molar-refractivity contribution in [3.8, 4) is 0 Å². The van der Waals surface area contributed by atoms with Gasteiger partial charge in [-0.15, -0.1) is 11.3 Å². The molecular weight excluding hydrogens is 220 g/mol. The summed E-state index contributed by atoms with van der Waals surface area (Å²) in [6.07, 6.45) is 0. The summed E-state index contributed by atoms with van der Waals surface area (Å²) in [6, 6.07) is 10.8. The quantitative estimate of drug-likeness (QED) is 0.809. The van der Waals surface area contributed by atoms with Crippen molar-refractivity contribution in [1.29, 1.82) is 0 Å². The molecule has 0 unspecified atom stereocenters. The van der Waals surface area contributed by atoms with Gasteiger partial charge in [-0.3, -0.25) is 4.79 Å². The Morgan fingerprint density at radius 1 is 1.25 bits per heavy atom. The monoisotopic (exact) mass is 232 g/mol. The molecule has 0 saturated carbocycles. The van der Waals surface area contributed by atoms with Gasteiger partial charge >= 0.3 is 0 Å². The number of carbonyl (C=O) groups excluding carboxylic acids is 1. The van der Waals surface area contributed by atoms with Gasteiger partial charge in [-0.05, 0) is 41.8 Å². The number of nitrogens with two attached hydrogens (primary N) is 1. The van der Waals surface area contributed by atoms with Gasteiger partial charge in [-0.25, -0.2) is 0 Å². The lowest BCUT2D eigenvalue weighted by Gasteiger charge is -2.14. The Labute approximate surface area is 98.1 Å². The van der Waals surface area contributed by atoms with Crippen LogP contribution in [0.15, 0.2) is 41.8 Å². The highest BCUT2D eigenvalue weighted by molar-refractivity contribution is 7.14. The Morgan fingerprint density at radius 3 is 2.50 bits per heavy atom. The lowest BCUT2D eigenvalue weighted by atomic mass is 10.2. The van der Waals surface area contributed by atoms with Crippen LogP contribution >= 0.6 is 11.3 Å². The Bertz CT molecular complexity index is 476. The van der Waals surface area contributed by atoms with Crippen LogP contribution < -0.4 is 10.6 Å². The zero-order valence-corrected chi connectivity index (χ0v) is 9.70. The number of benzene rings is 1. The van der Waals surface area contributed by atoms with E-state index < -0.39 is 0 Å². The first-order valence-electron chi connectivity index (χ1n) is 4.85. The highest BCUT2D eigenvalue weighted by atomic mass is 32.1. The van der Waals surface area contributed by atoms with Crippen LogP contribution in [0.25, 0.3) is 0 Å². The van der Waals surface area contributed by atoms with Crippen LogP contribution in [-0.2, 0) is 0 Å². The highest BCUT2D eigenvalue weighted by Gasteiger charge is 2.13. The maximum atomic E-state index is 12.0. The molecule has 0 aliphatic heterocycles. The third-order valence-electron chi connectivity index (χ3n) is 2.30. The minimum absolute atomic E-state index is 0.0255. The Kier molecular flexibility index (Phi) is 2.92. The summed E-state index contributed by atoms with van der Waals surface area (Å²) in [6.45, 7) is 0. The molecule has 0 fully saturated rings. The minimum atomic E-state index is -0.0255. The molecule has 3 nitrogen and oxygen atoms in total. The topological polar surface area (TPSA) is 46.3 Å². The fourth-order valence-corrected chi connectivity index (χ4v) is 2.07. The average molecular weight is 232 g/mol. The number of nitrogen functional groups attached to an aromatic ring is 1. The summed E-state index contributed by atoms with van der Waals surface area (Å²) in [7, 11) is 1.77. The maximum Gasteiger partial charge on any atom is 0.258 e. The Balaban J connectivity index is 2.22. The molecule has 1 amide bonds. The fourth-order valence-electron chi connectivity index (χ4n) is 1.38. The van der Waals surface area contributed by atoms with Gasteiger partial charge in [0.15, 0.2) is 0 Å². The number of carbonyl (C=O) groups is 1. The van der Waals surface area contributed by atoms with Crippen LogP contribution in [-0.4, -0.2) is 13.0 Å². The van der Waals surface area contributed by atoms with Crippen molar-refractivity contribution < 1.29 is 4.79 Å². The summed E-state index contributed by atoms with van der Waals surface area (Å²) in [4.78, 5) is 13.7. The smallest absolute Gasteiger partial charge is 0.258 e. The van der Waals surface area contributed by atoms with Gasteiger partial charge in [0, 0.05) is 18.3 Å². The van der Waals surface area contributed by atoms with E-state index in [0.717, 1.165) is 5.00 Å². The van der Waals surface area contributed by atoms with Crippen molar-refractivity contribution in [3.05, 3.63) is 47.3 Å². The van der Waals surface area contributed by atoms with E-state index >= 15 is 0 Å². The number of amides is 1. The summed E-state index contributed by atoms with van der Waals surface area (Å²) in [5, 5.41) is 2.88. The van der Waals surface area contributed by atoms with E-state index in [2.05, 4.69) is 0 Å². The third-order valence-corrected chi connectivity index (χ3v) is 3.24. The van der Waals surface area contributed by atoms with Gasteiger partial charge < -0.3 is 10.6 Å². The molecule has 1 heterocycles. The van der Waals surface area contributed by atoms with E-state index in [1.54, 1.807) is 36.2 Å². The predicted octanol–water partition coefficient (Wildman–Crippen LogP) is 2.61. The molecule has 1 aromatic heterocycles. The summed E-state index contributed by atoms with van der Waals surface area (Å²) >= 11 is 1.54. The summed E-state index contributed by atoms with van der Waals surface area (Å²) < 4.78 is 0. The summed E-state index contributed by atoms with van der Waals surface area (Å²) in [5.74, 6) is -0.0255. The van der Waals surface area contributed by atoms with E-state index in [1.807, 2.05) is 17.5 Å². The molecule has 0 radical (unpaired) electrons. The molecule has 0 spiro atoms. The lowest BCUT2D eigenvalue weighted by molar-refractivity contribution is 0.0993. The van der Waals surface area contributed by atoms with Crippen molar-refractivity contribution >= 4 is 27.9 Å². The SMILES string of the molecule is CN(C(=O)c1ccc(N)cc1)c1cccs1. The van der Waals surface area contributed by atoms with Crippen LogP contribution in [0.5, 0.6) is 0 Å². The molecule has 16 heavy (non-hydrogen) atoms. The van der Waals surface area contributed by atoms with Crippen LogP contribution in [0.4, 0.5) is 10.7 Å². The molecule has 0 saturated heterocycles. The van der Waals surface area contributed by atoms with E-state index in [4.69, 9.17) is 5.73 Å². The molecule has 4 heteroatoms. The van der Waals surface area contributed by atoms with Crippen LogP contribution in [0.2, 0.25) is 0 Å². The first-order valence-corrected chi connectivity index (χ1v) is 5.73. The molecule has 2 rings (SSSR count). The normalized spacial score (nSPS) is 10.1. The van der Waals surface area contributed by atoms with Crippen LogP contribution in [0.1, 0.15) is 10.4 Å². The molecular formula is C12H12N2OS. The van der Waals surface area contributed by atoms with E-state index in [9.17, 15) is 4.79 Å².